The maximum absolute atomic E-state index is 11.9. The van der Waals surface area contributed by atoms with Gasteiger partial charge in [0.25, 0.3) is 5.91 Å². The van der Waals surface area contributed by atoms with Crippen molar-refractivity contribution in [3.63, 3.8) is 0 Å². The molecule has 1 aromatic rings. The van der Waals surface area contributed by atoms with Crippen LogP contribution in [0.15, 0.2) is 18.3 Å². The van der Waals surface area contributed by atoms with Crippen LogP contribution in [0, 0.1) is 5.92 Å². The number of pyridine rings is 1. The van der Waals surface area contributed by atoms with Gasteiger partial charge in [-0.15, -0.1) is 0 Å². The molecule has 17 heavy (non-hydrogen) atoms. The zero-order chi connectivity index (χ0) is 12.3. The van der Waals surface area contributed by atoms with Crippen LogP contribution in [0.1, 0.15) is 23.8 Å². The number of hydrogen-bond donors (Lipinski definition) is 2. The summed E-state index contributed by atoms with van der Waals surface area (Å²) < 4.78 is 5.30. The van der Waals surface area contributed by atoms with Gasteiger partial charge in [0.2, 0.25) is 0 Å². The van der Waals surface area contributed by atoms with Crippen molar-refractivity contribution in [1.29, 1.82) is 0 Å². The molecule has 92 valence electrons. The molecule has 0 saturated carbocycles. The number of nitrogens with two attached hydrogens (primary N) is 1. The van der Waals surface area contributed by atoms with Gasteiger partial charge in [-0.1, -0.05) is 0 Å². The number of amides is 1. The zero-order valence-electron chi connectivity index (χ0n) is 9.85. The van der Waals surface area contributed by atoms with Crippen molar-refractivity contribution < 1.29 is 9.53 Å². The first kappa shape index (κ1) is 11.9. The van der Waals surface area contributed by atoms with E-state index in [-0.39, 0.29) is 11.9 Å². The topological polar surface area (TPSA) is 77.2 Å². The van der Waals surface area contributed by atoms with Crippen LogP contribution in [0.25, 0.3) is 0 Å². The van der Waals surface area contributed by atoms with E-state index in [1.165, 1.54) is 6.20 Å². The quantitative estimate of drug-likeness (QED) is 0.813. The summed E-state index contributed by atoms with van der Waals surface area (Å²) in [4.78, 5) is 15.9. The van der Waals surface area contributed by atoms with E-state index in [4.69, 9.17) is 10.5 Å². The molecule has 1 aliphatic heterocycles. The normalized spacial score (nSPS) is 21.1. The standard InChI is InChI=1S/C12H17N3O2/c1-8(9-3-5-17-7-9)15-12(16)11-6-10(13)2-4-14-11/h2,4,6,8-9H,3,5,7H2,1H3,(H2,13,14)(H,15,16). The second-order valence-electron chi connectivity index (χ2n) is 4.36. The van der Waals surface area contributed by atoms with Crippen LogP contribution in [-0.4, -0.2) is 30.1 Å². The number of nitrogen functional groups attached to an aromatic ring is 1. The Balaban J connectivity index is 1.96. The minimum atomic E-state index is -0.184. The van der Waals surface area contributed by atoms with Gasteiger partial charge in [0.1, 0.15) is 5.69 Å². The first-order chi connectivity index (χ1) is 8.16. The molecule has 5 nitrogen and oxygen atoms in total. The molecule has 1 amide bonds. The third-order valence-corrected chi connectivity index (χ3v) is 3.05. The lowest BCUT2D eigenvalue weighted by Gasteiger charge is -2.18. The second kappa shape index (κ2) is 5.14. The minimum Gasteiger partial charge on any atom is -0.399 e. The predicted octanol–water partition coefficient (Wildman–Crippen LogP) is 0.819. The highest BCUT2D eigenvalue weighted by Gasteiger charge is 2.24. The van der Waals surface area contributed by atoms with E-state index in [2.05, 4.69) is 10.3 Å². The first-order valence-corrected chi connectivity index (χ1v) is 5.77. The Morgan fingerprint density at radius 3 is 3.18 bits per heavy atom. The average molecular weight is 235 g/mol. The van der Waals surface area contributed by atoms with Gasteiger partial charge in [-0.3, -0.25) is 9.78 Å². The maximum Gasteiger partial charge on any atom is 0.270 e. The molecule has 3 N–H and O–H groups in total. The molecule has 1 aliphatic rings. The van der Waals surface area contributed by atoms with Gasteiger partial charge in [0, 0.05) is 30.5 Å². The molecule has 0 spiro atoms. The Bertz CT molecular complexity index is 402. The first-order valence-electron chi connectivity index (χ1n) is 5.77. The Hall–Kier alpha value is -1.62. The molecule has 1 saturated heterocycles. The fourth-order valence-corrected chi connectivity index (χ4v) is 1.92. The van der Waals surface area contributed by atoms with Gasteiger partial charge < -0.3 is 15.8 Å². The summed E-state index contributed by atoms with van der Waals surface area (Å²) in [5.74, 6) is 0.205. The number of nitrogens with zero attached hydrogens (tertiary/aromatic N) is 1. The number of anilines is 1. The number of rotatable bonds is 3. The van der Waals surface area contributed by atoms with Crippen molar-refractivity contribution in [3.05, 3.63) is 24.0 Å². The van der Waals surface area contributed by atoms with Gasteiger partial charge in [0.05, 0.1) is 6.61 Å². The number of hydrogen-bond acceptors (Lipinski definition) is 4. The summed E-state index contributed by atoms with van der Waals surface area (Å²) in [6.45, 7) is 3.48. The van der Waals surface area contributed by atoms with Crippen molar-refractivity contribution in [3.8, 4) is 0 Å². The van der Waals surface area contributed by atoms with E-state index < -0.39 is 0 Å². The predicted molar refractivity (Wildman–Crippen MR) is 64.5 cm³/mol. The molecule has 2 heterocycles. The molecule has 5 heteroatoms. The lowest BCUT2D eigenvalue weighted by Crippen LogP contribution is -2.38. The monoisotopic (exact) mass is 235 g/mol. The molecule has 0 bridgehead atoms. The summed E-state index contributed by atoms with van der Waals surface area (Å²) in [7, 11) is 0. The van der Waals surface area contributed by atoms with Gasteiger partial charge in [-0.05, 0) is 25.5 Å². The minimum absolute atomic E-state index is 0.0910. The fraction of sp³-hybridized carbons (Fsp3) is 0.500. The number of carbonyl (C=O) groups is 1. The van der Waals surface area contributed by atoms with Crippen LogP contribution in [-0.2, 0) is 4.74 Å². The van der Waals surface area contributed by atoms with Crippen molar-refractivity contribution in [1.82, 2.24) is 10.3 Å². The zero-order valence-corrected chi connectivity index (χ0v) is 9.85. The molecule has 1 aromatic heterocycles. The van der Waals surface area contributed by atoms with Crippen molar-refractivity contribution in [2.45, 2.75) is 19.4 Å². The Morgan fingerprint density at radius 2 is 2.53 bits per heavy atom. The summed E-state index contributed by atoms with van der Waals surface area (Å²) in [5.41, 5.74) is 6.51. The summed E-state index contributed by atoms with van der Waals surface area (Å²) in [6.07, 6.45) is 2.53. The van der Waals surface area contributed by atoms with E-state index in [0.717, 1.165) is 13.0 Å². The number of carbonyl (C=O) groups excluding carboxylic acids is 1. The van der Waals surface area contributed by atoms with E-state index in [9.17, 15) is 4.79 Å². The van der Waals surface area contributed by atoms with Crippen LogP contribution in [0.2, 0.25) is 0 Å². The van der Waals surface area contributed by atoms with Gasteiger partial charge >= 0.3 is 0 Å². The third kappa shape index (κ3) is 2.94. The number of nitrogens with one attached hydrogen (secondary N) is 1. The SMILES string of the molecule is CC(NC(=O)c1cc(N)ccn1)C1CCOC1. The van der Waals surface area contributed by atoms with E-state index in [0.29, 0.717) is 23.9 Å². The molecule has 0 radical (unpaired) electrons. The van der Waals surface area contributed by atoms with Crippen LogP contribution in [0.4, 0.5) is 5.69 Å². The van der Waals surface area contributed by atoms with Crippen molar-refractivity contribution in [2.24, 2.45) is 5.92 Å². The lowest BCUT2D eigenvalue weighted by molar-refractivity contribution is 0.0917. The summed E-state index contributed by atoms with van der Waals surface area (Å²) in [6, 6.07) is 3.33. The van der Waals surface area contributed by atoms with Gasteiger partial charge in [-0.2, -0.15) is 0 Å². The summed E-state index contributed by atoms with van der Waals surface area (Å²) in [5, 5.41) is 2.93. The highest BCUT2D eigenvalue weighted by atomic mass is 16.5. The molecule has 0 aromatic carbocycles. The molecule has 0 aliphatic carbocycles. The highest BCUT2D eigenvalue weighted by molar-refractivity contribution is 5.93. The smallest absolute Gasteiger partial charge is 0.270 e. The van der Waals surface area contributed by atoms with E-state index >= 15 is 0 Å². The van der Waals surface area contributed by atoms with Crippen LogP contribution >= 0.6 is 0 Å². The molecule has 2 rings (SSSR count). The maximum atomic E-state index is 11.9. The molecular weight excluding hydrogens is 218 g/mol. The lowest BCUT2D eigenvalue weighted by atomic mass is 10.0. The molecule has 2 atom stereocenters. The van der Waals surface area contributed by atoms with Gasteiger partial charge in [0.15, 0.2) is 0 Å². The second-order valence-corrected chi connectivity index (χ2v) is 4.36. The summed E-state index contributed by atoms with van der Waals surface area (Å²) >= 11 is 0. The highest BCUT2D eigenvalue weighted by Crippen LogP contribution is 2.16. The number of ether oxygens (including phenoxy) is 1. The van der Waals surface area contributed by atoms with E-state index in [1.54, 1.807) is 12.1 Å². The molecule has 2 unspecified atom stereocenters. The Labute approximate surface area is 100 Å². The molecular formula is C12H17N3O2. The Morgan fingerprint density at radius 1 is 1.71 bits per heavy atom. The van der Waals surface area contributed by atoms with Crippen molar-refractivity contribution >= 4 is 11.6 Å². The Kier molecular flexibility index (Phi) is 3.58. The van der Waals surface area contributed by atoms with Crippen molar-refractivity contribution in [2.75, 3.05) is 18.9 Å². The largest absolute Gasteiger partial charge is 0.399 e. The van der Waals surface area contributed by atoms with Crippen LogP contribution in [0.5, 0.6) is 0 Å². The van der Waals surface area contributed by atoms with Crippen LogP contribution in [0.3, 0.4) is 0 Å². The fourth-order valence-electron chi connectivity index (χ4n) is 1.92. The van der Waals surface area contributed by atoms with Gasteiger partial charge in [-0.25, -0.2) is 0 Å². The van der Waals surface area contributed by atoms with Crippen LogP contribution < -0.4 is 11.1 Å². The van der Waals surface area contributed by atoms with E-state index in [1.807, 2.05) is 6.92 Å². The number of aromatic nitrogens is 1. The third-order valence-electron chi connectivity index (χ3n) is 3.05. The average Bonchev–Trinajstić information content (AvgIpc) is 2.82. The molecule has 1 fully saturated rings.